The number of halogens is 3. The second-order valence-corrected chi connectivity index (χ2v) is 4.68. The average molecular weight is 247 g/mol. The molecule has 0 aliphatic heterocycles. The summed E-state index contributed by atoms with van der Waals surface area (Å²) in [7, 11) is 0. The molecular formula is C12H13ClF2O. The minimum Gasteiger partial charge on any atom is -0.393 e. The van der Waals surface area contributed by atoms with Crippen molar-refractivity contribution in [1.29, 1.82) is 0 Å². The normalized spacial score (nSPS) is 25.8. The Balaban J connectivity index is 2.21. The van der Waals surface area contributed by atoms with E-state index in [9.17, 15) is 13.9 Å². The van der Waals surface area contributed by atoms with Crippen LogP contribution in [-0.4, -0.2) is 11.2 Å². The predicted molar refractivity (Wildman–Crippen MR) is 58.6 cm³/mol. The molecule has 2 rings (SSSR count). The van der Waals surface area contributed by atoms with Gasteiger partial charge in [-0.3, -0.25) is 0 Å². The Morgan fingerprint density at radius 3 is 2.06 bits per heavy atom. The molecule has 4 heteroatoms. The smallest absolute Gasteiger partial charge is 0.145 e. The molecule has 0 spiro atoms. The van der Waals surface area contributed by atoms with E-state index in [0.717, 1.165) is 12.8 Å². The van der Waals surface area contributed by atoms with E-state index < -0.39 is 16.7 Å². The fourth-order valence-corrected chi connectivity index (χ4v) is 2.33. The van der Waals surface area contributed by atoms with E-state index in [1.54, 1.807) is 0 Å². The molecule has 1 saturated carbocycles. The van der Waals surface area contributed by atoms with E-state index in [2.05, 4.69) is 0 Å². The molecule has 1 fully saturated rings. The summed E-state index contributed by atoms with van der Waals surface area (Å²) >= 11 is 5.42. The van der Waals surface area contributed by atoms with E-state index in [-0.39, 0.29) is 12.0 Å². The molecule has 0 aromatic heterocycles. The Morgan fingerprint density at radius 1 is 1.06 bits per heavy atom. The van der Waals surface area contributed by atoms with Crippen molar-refractivity contribution in [2.45, 2.75) is 37.7 Å². The Morgan fingerprint density at radius 2 is 1.56 bits per heavy atom. The fraction of sp³-hybridized carbons (Fsp3) is 0.500. The van der Waals surface area contributed by atoms with Crippen LogP contribution in [-0.2, 0) is 0 Å². The zero-order valence-electron chi connectivity index (χ0n) is 8.72. The molecule has 1 aliphatic carbocycles. The number of aliphatic hydroxyl groups is 1. The lowest BCUT2D eigenvalue weighted by molar-refractivity contribution is 0.122. The Kier molecular flexibility index (Phi) is 3.45. The van der Waals surface area contributed by atoms with Gasteiger partial charge in [-0.25, -0.2) is 8.78 Å². The standard InChI is InChI=1S/C12H13ClF2O/c13-12-10(14)5-8(6-11(12)15)7-1-3-9(16)4-2-7/h5-7,9,16H,1-4H2. The van der Waals surface area contributed by atoms with Gasteiger partial charge in [-0.1, -0.05) is 11.6 Å². The van der Waals surface area contributed by atoms with E-state index in [1.807, 2.05) is 0 Å². The van der Waals surface area contributed by atoms with Gasteiger partial charge < -0.3 is 5.11 Å². The molecule has 1 aromatic rings. The van der Waals surface area contributed by atoms with Gasteiger partial charge in [0.05, 0.1) is 6.10 Å². The maximum atomic E-state index is 13.3. The first-order chi connectivity index (χ1) is 7.58. The van der Waals surface area contributed by atoms with Crippen LogP contribution in [0, 0.1) is 11.6 Å². The van der Waals surface area contributed by atoms with Crippen LogP contribution in [0.3, 0.4) is 0 Å². The maximum absolute atomic E-state index is 13.3. The largest absolute Gasteiger partial charge is 0.393 e. The van der Waals surface area contributed by atoms with Gasteiger partial charge in [-0.2, -0.15) is 0 Å². The second-order valence-electron chi connectivity index (χ2n) is 4.30. The van der Waals surface area contributed by atoms with Crippen molar-refractivity contribution in [3.05, 3.63) is 34.4 Å². The Bertz CT molecular complexity index is 364. The van der Waals surface area contributed by atoms with Crippen LogP contribution in [0.2, 0.25) is 5.02 Å². The highest BCUT2D eigenvalue weighted by molar-refractivity contribution is 6.30. The van der Waals surface area contributed by atoms with Crippen molar-refractivity contribution in [3.63, 3.8) is 0 Å². The number of rotatable bonds is 1. The van der Waals surface area contributed by atoms with Crippen LogP contribution in [0.5, 0.6) is 0 Å². The number of aliphatic hydroxyl groups excluding tert-OH is 1. The number of hydrogen-bond donors (Lipinski definition) is 1. The Labute approximate surface area is 98.0 Å². The molecule has 0 saturated heterocycles. The van der Waals surface area contributed by atoms with Gasteiger partial charge in [0.2, 0.25) is 0 Å². The lowest BCUT2D eigenvalue weighted by Gasteiger charge is -2.25. The van der Waals surface area contributed by atoms with Crippen LogP contribution >= 0.6 is 11.6 Å². The van der Waals surface area contributed by atoms with E-state index in [1.165, 1.54) is 12.1 Å². The molecule has 0 bridgehead atoms. The summed E-state index contributed by atoms with van der Waals surface area (Å²) in [6.45, 7) is 0. The molecule has 1 aromatic carbocycles. The zero-order valence-corrected chi connectivity index (χ0v) is 9.47. The first-order valence-electron chi connectivity index (χ1n) is 5.40. The summed E-state index contributed by atoms with van der Waals surface area (Å²) < 4.78 is 26.5. The molecule has 0 atom stereocenters. The topological polar surface area (TPSA) is 20.2 Å². The fourth-order valence-electron chi connectivity index (χ4n) is 2.22. The van der Waals surface area contributed by atoms with Crippen LogP contribution < -0.4 is 0 Å². The molecule has 0 amide bonds. The number of benzene rings is 1. The van der Waals surface area contributed by atoms with Crippen LogP contribution in [0.4, 0.5) is 8.78 Å². The Hall–Kier alpha value is -0.670. The summed E-state index contributed by atoms with van der Waals surface area (Å²) in [5, 5.41) is 8.91. The third-order valence-electron chi connectivity index (χ3n) is 3.17. The van der Waals surface area contributed by atoms with Gasteiger partial charge in [-0.15, -0.1) is 0 Å². The van der Waals surface area contributed by atoms with Gasteiger partial charge >= 0.3 is 0 Å². The molecule has 1 nitrogen and oxygen atoms in total. The molecule has 16 heavy (non-hydrogen) atoms. The second kappa shape index (κ2) is 4.68. The first-order valence-corrected chi connectivity index (χ1v) is 5.78. The molecular weight excluding hydrogens is 234 g/mol. The summed E-state index contributed by atoms with van der Waals surface area (Å²) in [6.07, 6.45) is 2.65. The minimum atomic E-state index is -0.706. The van der Waals surface area contributed by atoms with Gasteiger partial charge in [-0.05, 0) is 49.3 Å². The summed E-state index contributed by atoms with van der Waals surface area (Å²) in [6, 6.07) is 2.60. The SMILES string of the molecule is OC1CCC(c2cc(F)c(Cl)c(F)c2)CC1. The summed E-state index contributed by atoms with van der Waals surface area (Å²) in [4.78, 5) is 0. The number of hydrogen-bond acceptors (Lipinski definition) is 1. The molecule has 0 radical (unpaired) electrons. The molecule has 1 N–H and O–H groups in total. The van der Waals surface area contributed by atoms with Gasteiger partial charge in [0.1, 0.15) is 16.7 Å². The first kappa shape index (κ1) is 11.8. The summed E-state index contributed by atoms with van der Waals surface area (Å²) in [5.74, 6) is -1.28. The predicted octanol–water partition coefficient (Wildman–Crippen LogP) is 3.64. The van der Waals surface area contributed by atoms with E-state index in [4.69, 9.17) is 11.6 Å². The minimum absolute atomic E-state index is 0.129. The molecule has 0 unspecified atom stereocenters. The summed E-state index contributed by atoms with van der Waals surface area (Å²) in [5.41, 5.74) is 0.645. The van der Waals surface area contributed by atoms with Gasteiger partial charge in [0, 0.05) is 0 Å². The van der Waals surface area contributed by atoms with Crippen molar-refractivity contribution < 1.29 is 13.9 Å². The lowest BCUT2D eigenvalue weighted by atomic mass is 9.83. The highest BCUT2D eigenvalue weighted by atomic mass is 35.5. The monoisotopic (exact) mass is 246 g/mol. The maximum Gasteiger partial charge on any atom is 0.145 e. The molecule has 1 aliphatic rings. The van der Waals surface area contributed by atoms with Gasteiger partial charge in [0.15, 0.2) is 0 Å². The van der Waals surface area contributed by atoms with Crippen molar-refractivity contribution in [3.8, 4) is 0 Å². The van der Waals surface area contributed by atoms with E-state index >= 15 is 0 Å². The lowest BCUT2D eigenvalue weighted by Crippen LogP contribution is -2.17. The molecule has 88 valence electrons. The van der Waals surface area contributed by atoms with Crippen molar-refractivity contribution in [2.24, 2.45) is 0 Å². The van der Waals surface area contributed by atoms with Crippen LogP contribution in [0.25, 0.3) is 0 Å². The van der Waals surface area contributed by atoms with Crippen LogP contribution in [0.15, 0.2) is 12.1 Å². The van der Waals surface area contributed by atoms with Crippen LogP contribution in [0.1, 0.15) is 37.2 Å². The van der Waals surface area contributed by atoms with Gasteiger partial charge in [0.25, 0.3) is 0 Å². The third-order valence-corrected chi connectivity index (χ3v) is 3.54. The highest BCUT2D eigenvalue weighted by Gasteiger charge is 2.22. The van der Waals surface area contributed by atoms with Crippen molar-refractivity contribution >= 4 is 11.6 Å². The third kappa shape index (κ3) is 2.36. The van der Waals surface area contributed by atoms with E-state index in [0.29, 0.717) is 18.4 Å². The quantitative estimate of drug-likeness (QED) is 0.750. The molecule has 0 heterocycles. The van der Waals surface area contributed by atoms with Crippen molar-refractivity contribution in [2.75, 3.05) is 0 Å². The van der Waals surface area contributed by atoms with Crippen molar-refractivity contribution in [1.82, 2.24) is 0 Å². The highest BCUT2D eigenvalue weighted by Crippen LogP contribution is 2.34. The zero-order chi connectivity index (χ0) is 11.7. The average Bonchev–Trinajstić information content (AvgIpc) is 2.26.